The molecule has 0 unspecified atom stereocenters. The first-order valence-electron chi connectivity index (χ1n) is 8.11. The van der Waals surface area contributed by atoms with Crippen molar-refractivity contribution in [1.29, 1.82) is 0 Å². The van der Waals surface area contributed by atoms with Crippen LogP contribution in [0.15, 0.2) is 78.9 Å². The van der Waals surface area contributed by atoms with Gasteiger partial charge in [-0.2, -0.15) is 0 Å². The lowest BCUT2D eigenvalue weighted by atomic mass is 10.0. The average Bonchev–Trinajstić information content (AvgIpc) is 2.69. The first-order valence-corrected chi connectivity index (χ1v) is 8.48. The van der Waals surface area contributed by atoms with Crippen LogP contribution < -0.4 is 5.32 Å². The van der Waals surface area contributed by atoms with Crippen molar-refractivity contribution < 1.29 is 4.79 Å². The molecule has 1 amide bonds. The van der Waals surface area contributed by atoms with Gasteiger partial charge in [-0.05, 0) is 18.2 Å². The number of rotatable bonds is 3. The summed E-state index contributed by atoms with van der Waals surface area (Å²) in [6.07, 6.45) is 0. The molecule has 126 valence electrons. The van der Waals surface area contributed by atoms with E-state index in [0.29, 0.717) is 27.5 Å². The van der Waals surface area contributed by atoms with Crippen molar-refractivity contribution in [2.24, 2.45) is 0 Å². The van der Waals surface area contributed by atoms with Gasteiger partial charge in [0.2, 0.25) is 0 Å². The van der Waals surface area contributed by atoms with Gasteiger partial charge in [-0.1, -0.05) is 72.3 Å². The van der Waals surface area contributed by atoms with E-state index in [0.717, 1.165) is 10.9 Å². The predicted octanol–water partition coefficient (Wildman–Crippen LogP) is 5.20. The van der Waals surface area contributed by atoms with Gasteiger partial charge in [-0.15, -0.1) is 10.2 Å². The number of carbonyl (C=O) groups excluding carboxylic acids is 1. The third kappa shape index (κ3) is 3.03. The van der Waals surface area contributed by atoms with Crippen LogP contribution in [0.25, 0.3) is 22.2 Å². The Bertz CT molecular complexity index is 1100. The molecule has 0 bridgehead atoms. The van der Waals surface area contributed by atoms with E-state index < -0.39 is 0 Å². The summed E-state index contributed by atoms with van der Waals surface area (Å²) in [7, 11) is 0. The molecule has 0 aliphatic heterocycles. The fraction of sp³-hybridized carbons (Fsp3) is 0. The van der Waals surface area contributed by atoms with Gasteiger partial charge in [0.1, 0.15) is 5.69 Å². The number of carbonyl (C=O) groups is 1. The Morgan fingerprint density at radius 3 is 2.31 bits per heavy atom. The largest absolute Gasteiger partial charge is 0.321 e. The normalized spacial score (nSPS) is 10.7. The van der Waals surface area contributed by atoms with Crippen LogP contribution in [0.4, 0.5) is 5.69 Å². The maximum absolute atomic E-state index is 13.1. The molecule has 0 spiro atoms. The van der Waals surface area contributed by atoms with Crippen molar-refractivity contribution in [1.82, 2.24) is 10.2 Å². The molecule has 0 aliphatic carbocycles. The monoisotopic (exact) mass is 359 g/mol. The Hall–Kier alpha value is -3.24. The van der Waals surface area contributed by atoms with Crippen molar-refractivity contribution in [3.05, 3.63) is 89.4 Å². The van der Waals surface area contributed by atoms with E-state index in [2.05, 4.69) is 15.5 Å². The quantitative estimate of drug-likeness (QED) is 0.546. The highest BCUT2D eigenvalue weighted by Gasteiger charge is 2.19. The summed E-state index contributed by atoms with van der Waals surface area (Å²) >= 11 is 6.19. The summed E-state index contributed by atoms with van der Waals surface area (Å²) < 4.78 is 0. The zero-order valence-corrected chi connectivity index (χ0v) is 14.4. The van der Waals surface area contributed by atoms with Gasteiger partial charge in [0.05, 0.1) is 21.8 Å². The topological polar surface area (TPSA) is 54.9 Å². The van der Waals surface area contributed by atoms with Crippen molar-refractivity contribution in [2.45, 2.75) is 0 Å². The summed E-state index contributed by atoms with van der Waals surface area (Å²) in [4.78, 5) is 13.1. The average molecular weight is 360 g/mol. The molecular formula is C21H14ClN3O. The van der Waals surface area contributed by atoms with Crippen LogP contribution in [-0.2, 0) is 0 Å². The SMILES string of the molecule is O=C(Nc1ccccc1Cl)c1c(-c2ccccc2)nnc2ccccc12. The molecule has 5 heteroatoms. The Kier molecular flexibility index (Phi) is 4.33. The third-order valence-electron chi connectivity index (χ3n) is 4.06. The Labute approximate surface area is 155 Å². The lowest BCUT2D eigenvalue weighted by molar-refractivity contribution is 0.102. The number of anilines is 1. The highest BCUT2D eigenvalue weighted by atomic mass is 35.5. The first kappa shape index (κ1) is 16.2. The molecule has 3 aromatic carbocycles. The number of fused-ring (bicyclic) bond motifs is 1. The lowest BCUT2D eigenvalue weighted by Gasteiger charge is -2.12. The smallest absolute Gasteiger partial charge is 0.258 e. The zero-order chi connectivity index (χ0) is 17.9. The van der Waals surface area contributed by atoms with E-state index in [4.69, 9.17) is 11.6 Å². The second-order valence-electron chi connectivity index (χ2n) is 5.74. The van der Waals surface area contributed by atoms with E-state index in [9.17, 15) is 4.79 Å². The number of hydrogen-bond acceptors (Lipinski definition) is 3. The minimum Gasteiger partial charge on any atom is -0.321 e. The number of nitrogens with one attached hydrogen (secondary N) is 1. The minimum atomic E-state index is -0.275. The fourth-order valence-corrected chi connectivity index (χ4v) is 3.01. The van der Waals surface area contributed by atoms with Crippen molar-refractivity contribution in [3.8, 4) is 11.3 Å². The van der Waals surface area contributed by atoms with Crippen molar-refractivity contribution in [2.75, 3.05) is 5.32 Å². The minimum absolute atomic E-state index is 0.275. The molecule has 0 atom stereocenters. The molecule has 4 rings (SSSR count). The van der Waals surface area contributed by atoms with Crippen LogP contribution in [0.1, 0.15) is 10.4 Å². The maximum atomic E-state index is 13.1. The molecular weight excluding hydrogens is 346 g/mol. The van der Waals surface area contributed by atoms with Gasteiger partial charge >= 0.3 is 0 Å². The molecule has 0 saturated carbocycles. The van der Waals surface area contributed by atoms with Gasteiger partial charge in [0, 0.05) is 10.9 Å². The summed E-state index contributed by atoms with van der Waals surface area (Å²) in [6, 6.07) is 24.1. The molecule has 0 radical (unpaired) electrons. The number of halogens is 1. The molecule has 0 saturated heterocycles. The van der Waals surface area contributed by atoms with Crippen LogP contribution >= 0.6 is 11.6 Å². The van der Waals surface area contributed by atoms with E-state index in [1.807, 2.05) is 66.7 Å². The van der Waals surface area contributed by atoms with Gasteiger partial charge < -0.3 is 5.32 Å². The number of benzene rings is 3. The van der Waals surface area contributed by atoms with E-state index in [1.54, 1.807) is 12.1 Å². The van der Waals surface area contributed by atoms with Crippen LogP contribution in [0.2, 0.25) is 5.02 Å². The molecule has 4 aromatic rings. The molecule has 1 aromatic heterocycles. The van der Waals surface area contributed by atoms with Crippen molar-refractivity contribution >= 4 is 34.1 Å². The van der Waals surface area contributed by atoms with Crippen LogP contribution in [-0.4, -0.2) is 16.1 Å². The zero-order valence-electron chi connectivity index (χ0n) is 13.7. The van der Waals surface area contributed by atoms with Crippen LogP contribution in [0.3, 0.4) is 0 Å². The molecule has 0 aliphatic rings. The van der Waals surface area contributed by atoms with Crippen molar-refractivity contribution in [3.63, 3.8) is 0 Å². The van der Waals surface area contributed by atoms with Gasteiger partial charge in [0.15, 0.2) is 0 Å². The van der Waals surface area contributed by atoms with Gasteiger partial charge in [0.25, 0.3) is 5.91 Å². The summed E-state index contributed by atoms with van der Waals surface area (Å²) in [6.45, 7) is 0. The number of hydrogen-bond donors (Lipinski definition) is 1. The number of amides is 1. The molecule has 1 heterocycles. The first-order chi connectivity index (χ1) is 12.7. The summed E-state index contributed by atoms with van der Waals surface area (Å²) in [5.74, 6) is -0.275. The molecule has 1 N–H and O–H groups in total. The van der Waals surface area contributed by atoms with Gasteiger partial charge in [-0.25, -0.2) is 0 Å². The molecule has 26 heavy (non-hydrogen) atoms. The van der Waals surface area contributed by atoms with E-state index >= 15 is 0 Å². The predicted molar refractivity (Wildman–Crippen MR) is 104 cm³/mol. The second-order valence-corrected chi connectivity index (χ2v) is 6.15. The van der Waals surface area contributed by atoms with E-state index in [1.165, 1.54) is 0 Å². The second kappa shape index (κ2) is 6.94. The number of aromatic nitrogens is 2. The number of nitrogens with zero attached hydrogens (tertiary/aromatic N) is 2. The number of para-hydroxylation sites is 1. The fourth-order valence-electron chi connectivity index (χ4n) is 2.83. The third-order valence-corrected chi connectivity index (χ3v) is 4.39. The Morgan fingerprint density at radius 1 is 0.808 bits per heavy atom. The van der Waals surface area contributed by atoms with E-state index in [-0.39, 0.29) is 5.91 Å². The lowest BCUT2D eigenvalue weighted by Crippen LogP contribution is -2.15. The Balaban J connectivity index is 1.89. The summed E-state index contributed by atoms with van der Waals surface area (Å²) in [5, 5.41) is 12.7. The van der Waals surface area contributed by atoms with Crippen LogP contribution in [0, 0.1) is 0 Å². The maximum Gasteiger partial charge on any atom is 0.258 e. The Morgan fingerprint density at radius 2 is 1.50 bits per heavy atom. The molecule has 4 nitrogen and oxygen atoms in total. The standard InChI is InChI=1S/C21H14ClN3O/c22-16-11-5-7-13-18(16)23-21(26)19-15-10-4-6-12-17(15)24-25-20(19)14-8-2-1-3-9-14/h1-13H,(H,23,26). The summed E-state index contributed by atoms with van der Waals surface area (Å²) in [5.41, 5.74) is 3.06. The molecule has 0 fully saturated rings. The van der Waals surface area contributed by atoms with Crippen LogP contribution in [0.5, 0.6) is 0 Å². The highest BCUT2D eigenvalue weighted by molar-refractivity contribution is 6.34. The highest BCUT2D eigenvalue weighted by Crippen LogP contribution is 2.29. The van der Waals surface area contributed by atoms with Gasteiger partial charge in [-0.3, -0.25) is 4.79 Å².